The smallest absolute Gasteiger partial charge is 0.442 e. The third kappa shape index (κ3) is 1.85. The van der Waals surface area contributed by atoms with Crippen molar-refractivity contribution < 1.29 is 17.6 Å². The molecule has 8 nitrogen and oxygen atoms in total. The van der Waals surface area contributed by atoms with Crippen molar-refractivity contribution in [3.8, 4) is 6.07 Å². The van der Waals surface area contributed by atoms with Gasteiger partial charge in [0.15, 0.2) is 22.7 Å². The van der Waals surface area contributed by atoms with E-state index in [9.17, 15) is 8.78 Å². The molecule has 0 aliphatic heterocycles. The number of nitrogens with zero attached hydrogens (tertiary/aromatic N) is 6. The van der Waals surface area contributed by atoms with E-state index in [1.54, 1.807) is 0 Å². The van der Waals surface area contributed by atoms with Gasteiger partial charge in [-0.15, -0.1) is 9.69 Å². The van der Waals surface area contributed by atoms with E-state index >= 15 is 0 Å². The Bertz CT molecular complexity index is 1190. The number of rotatable bonds is 0. The van der Waals surface area contributed by atoms with Crippen molar-refractivity contribution in [3.63, 3.8) is 0 Å². The van der Waals surface area contributed by atoms with Crippen molar-refractivity contribution in [1.29, 1.82) is 5.26 Å². The van der Waals surface area contributed by atoms with Crippen molar-refractivity contribution >= 4 is 33.7 Å². The summed E-state index contributed by atoms with van der Waals surface area (Å²) < 4.78 is 38.5. The summed E-state index contributed by atoms with van der Waals surface area (Å²) in [5.41, 5.74) is -3.54. The highest BCUT2D eigenvalue weighted by Gasteiger charge is 2.25. The summed E-state index contributed by atoms with van der Waals surface area (Å²) in [5, 5.41) is 8.81. The Hall–Kier alpha value is -4.28. The molecular weight excluding hydrogens is 322 g/mol. The SMILES string of the molecule is [C-]#[N+]C([N+]#[C-])=c1nc2c(F)c(F)c3n/c(=C(\C#N)[N+]#[C-])oc3c2o1. The fraction of sp³-hybridized carbons (Fsp3) is 0. The second kappa shape index (κ2) is 5.17. The predicted octanol–water partition coefficient (Wildman–Crippen LogP) is 1.70. The quantitative estimate of drug-likeness (QED) is 0.588. The van der Waals surface area contributed by atoms with Gasteiger partial charge in [0.2, 0.25) is 16.7 Å². The van der Waals surface area contributed by atoms with Gasteiger partial charge in [-0.1, -0.05) is 0 Å². The fourth-order valence-electron chi connectivity index (χ4n) is 1.89. The monoisotopic (exact) mass is 322 g/mol. The molecule has 2 aromatic heterocycles. The Kier molecular flexibility index (Phi) is 3.16. The summed E-state index contributed by atoms with van der Waals surface area (Å²) in [6.07, 6.45) is 0. The predicted molar refractivity (Wildman–Crippen MR) is 73.0 cm³/mol. The first-order valence-electron chi connectivity index (χ1n) is 5.90. The van der Waals surface area contributed by atoms with Gasteiger partial charge in [-0.25, -0.2) is 28.9 Å². The summed E-state index contributed by atoms with van der Waals surface area (Å²) in [7, 11) is 0. The molecule has 0 radical (unpaired) electrons. The van der Waals surface area contributed by atoms with Crippen LogP contribution in [0.4, 0.5) is 8.78 Å². The standard InChI is InChI=1S/C14F2N6O2/c1-18-5(4-17)13-21-8-6(15)7(16)9-11(10(8)23-13)24-14(22-9)12(19-2)20-3/b13-5-. The highest BCUT2D eigenvalue weighted by atomic mass is 19.2. The van der Waals surface area contributed by atoms with Crippen molar-refractivity contribution in [2.45, 2.75) is 0 Å². The molecule has 0 unspecified atom stereocenters. The molecule has 0 saturated heterocycles. The van der Waals surface area contributed by atoms with Crippen LogP contribution in [0.3, 0.4) is 0 Å². The third-order valence-corrected chi connectivity index (χ3v) is 2.89. The number of aromatic nitrogens is 2. The summed E-state index contributed by atoms with van der Waals surface area (Å²) in [6.45, 7) is 20.5. The lowest BCUT2D eigenvalue weighted by molar-refractivity contribution is 0.518. The molecule has 0 amide bonds. The first-order chi connectivity index (χ1) is 11.5. The first-order valence-corrected chi connectivity index (χ1v) is 5.90. The van der Waals surface area contributed by atoms with E-state index < -0.39 is 45.3 Å². The minimum absolute atomic E-state index is 0.385. The Morgan fingerprint density at radius 1 is 0.917 bits per heavy atom. The van der Waals surface area contributed by atoms with Gasteiger partial charge in [0.05, 0.1) is 12.6 Å². The Morgan fingerprint density at radius 2 is 1.42 bits per heavy atom. The van der Waals surface area contributed by atoms with Crippen LogP contribution in [-0.4, -0.2) is 9.97 Å². The fourth-order valence-corrected chi connectivity index (χ4v) is 1.89. The number of hydrogen-bond acceptors (Lipinski definition) is 5. The summed E-state index contributed by atoms with van der Waals surface area (Å²) in [5.74, 6) is -3.41. The van der Waals surface area contributed by atoms with Crippen LogP contribution < -0.4 is 11.1 Å². The van der Waals surface area contributed by atoms with Gasteiger partial charge < -0.3 is 8.83 Å². The number of oxazole rings is 2. The topological polar surface area (TPSA) is 88.9 Å². The Labute approximate surface area is 130 Å². The summed E-state index contributed by atoms with van der Waals surface area (Å²) in [6, 6.07) is 1.51. The molecule has 1 aromatic carbocycles. The Balaban J connectivity index is 2.63. The van der Waals surface area contributed by atoms with Crippen LogP contribution in [0.5, 0.6) is 0 Å². The van der Waals surface area contributed by atoms with E-state index in [-0.39, 0.29) is 11.2 Å². The van der Waals surface area contributed by atoms with Crippen LogP contribution in [0.1, 0.15) is 0 Å². The zero-order chi connectivity index (χ0) is 17.4. The lowest BCUT2D eigenvalue weighted by atomic mass is 10.2. The molecule has 0 bridgehead atoms. The molecule has 2 heterocycles. The number of fused-ring (bicyclic) bond motifs is 3. The van der Waals surface area contributed by atoms with Gasteiger partial charge in [0.25, 0.3) is 0 Å². The van der Waals surface area contributed by atoms with Crippen LogP contribution in [-0.2, 0) is 0 Å². The molecule has 0 spiro atoms. The lowest BCUT2D eigenvalue weighted by Crippen LogP contribution is -2.03. The van der Waals surface area contributed by atoms with Crippen molar-refractivity contribution in [2.24, 2.45) is 0 Å². The van der Waals surface area contributed by atoms with E-state index in [2.05, 4.69) is 24.5 Å². The average molecular weight is 322 g/mol. The van der Waals surface area contributed by atoms with Gasteiger partial charge in [-0.2, -0.15) is 0 Å². The van der Waals surface area contributed by atoms with Gasteiger partial charge in [-0.3, -0.25) is 0 Å². The van der Waals surface area contributed by atoms with Crippen molar-refractivity contribution in [2.75, 3.05) is 0 Å². The van der Waals surface area contributed by atoms with E-state index in [0.29, 0.717) is 0 Å². The highest BCUT2D eigenvalue weighted by Crippen LogP contribution is 2.27. The minimum atomic E-state index is -1.42. The molecule has 3 aromatic rings. The van der Waals surface area contributed by atoms with Gasteiger partial charge >= 0.3 is 17.1 Å². The van der Waals surface area contributed by atoms with Crippen LogP contribution >= 0.6 is 0 Å². The molecule has 112 valence electrons. The molecule has 0 aliphatic rings. The summed E-state index contributed by atoms with van der Waals surface area (Å²) in [4.78, 5) is 15.8. The average Bonchev–Trinajstić information content (AvgIpc) is 3.20. The highest BCUT2D eigenvalue weighted by molar-refractivity contribution is 5.98. The summed E-state index contributed by atoms with van der Waals surface area (Å²) >= 11 is 0. The first kappa shape index (κ1) is 14.6. The molecule has 0 saturated carbocycles. The van der Waals surface area contributed by atoms with Gasteiger partial charge in [0.1, 0.15) is 13.1 Å². The molecule has 24 heavy (non-hydrogen) atoms. The minimum Gasteiger partial charge on any atom is -0.442 e. The van der Waals surface area contributed by atoms with Gasteiger partial charge in [-0.05, 0) is 0 Å². The van der Waals surface area contributed by atoms with Crippen LogP contribution in [0.25, 0.3) is 48.3 Å². The largest absolute Gasteiger partial charge is 0.582 e. The van der Waals surface area contributed by atoms with Gasteiger partial charge in [0, 0.05) is 0 Å². The molecule has 0 aliphatic carbocycles. The van der Waals surface area contributed by atoms with E-state index in [0.717, 1.165) is 0 Å². The third-order valence-electron chi connectivity index (χ3n) is 2.89. The molecule has 0 fully saturated rings. The van der Waals surface area contributed by atoms with Crippen LogP contribution in [0.15, 0.2) is 8.83 Å². The van der Waals surface area contributed by atoms with E-state index in [1.807, 2.05) is 0 Å². The number of halogens is 2. The van der Waals surface area contributed by atoms with E-state index in [1.165, 1.54) is 6.07 Å². The zero-order valence-corrected chi connectivity index (χ0v) is 11.3. The van der Waals surface area contributed by atoms with Crippen LogP contribution in [0, 0.1) is 42.7 Å². The lowest BCUT2D eigenvalue weighted by Gasteiger charge is -1.93. The zero-order valence-electron chi connectivity index (χ0n) is 11.3. The molecule has 10 heteroatoms. The van der Waals surface area contributed by atoms with Crippen molar-refractivity contribution in [3.05, 3.63) is 57.0 Å². The second-order valence-electron chi connectivity index (χ2n) is 4.14. The Morgan fingerprint density at radius 3 is 1.88 bits per heavy atom. The molecule has 3 rings (SSSR count). The van der Waals surface area contributed by atoms with E-state index in [4.69, 9.17) is 33.8 Å². The normalized spacial score (nSPS) is 11.4. The number of hydrogen-bond donors (Lipinski definition) is 0. The molecule has 0 N–H and O–H groups in total. The second-order valence-corrected chi connectivity index (χ2v) is 4.14. The number of nitriles is 1. The maximum atomic E-state index is 14.1. The van der Waals surface area contributed by atoms with Crippen LogP contribution in [0.2, 0.25) is 0 Å². The van der Waals surface area contributed by atoms with Crippen molar-refractivity contribution in [1.82, 2.24) is 9.97 Å². The maximum absolute atomic E-state index is 14.1. The number of benzene rings is 1. The molecular formula is C14F2N6O2. The molecule has 0 atom stereocenters. The maximum Gasteiger partial charge on any atom is 0.582 e.